The van der Waals surface area contributed by atoms with E-state index in [0.717, 1.165) is 0 Å². The Morgan fingerprint density at radius 3 is 3.06 bits per heavy atom. The van der Waals surface area contributed by atoms with E-state index < -0.39 is 0 Å². The summed E-state index contributed by atoms with van der Waals surface area (Å²) in [5.74, 6) is -0.0851. The smallest absolute Gasteiger partial charge is 0.255 e. The molecule has 1 heterocycles. The summed E-state index contributed by atoms with van der Waals surface area (Å²) in [5, 5.41) is 0.330. The Morgan fingerprint density at radius 1 is 1.59 bits per heavy atom. The number of amides is 1. The molecule has 92 valence electrons. The largest absolute Gasteiger partial charge is 0.398 e. The maximum atomic E-state index is 12.3. The van der Waals surface area contributed by atoms with Gasteiger partial charge in [-0.1, -0.05) is 17.7 Å². The van der Waals surface area contributed by atoms with E-state index in [-0.39, 0.29) is 11.9 Å². The SMILES string of the molecule is CC1COCCN1C(=O)c1cccc(N)c1Cl. The van der Waals surface area contributed by atoms with Gasteiger partial charge in [0.15, 0.2) is 0 Å². The molecule has 0 spiro atoms. The first kappa shape index (κ1) is 12.2. The van der Waals surface area contributed by atoms with Crippen LogP contribution in [-0.4, -0.2) is 36.6 Å². The van der Waals surface area contributed by atoms with E-state index in [1.165, 1.54) is 0 Å². The highest BCUT2D eigenvalue weighted by molar-refractivity contribution is 6.36. The first-order valence-electron chi connectivity index (χ1n) is 5.54. The van der Waals surface area contributed by atoms with Gasteiger partial charge >= 0.3 is 0 Å². The van der Waals surface area contributed by atoms with Crippen molar-refractivity contribution in [2.24, 2.45) is 0 Å². The Kier molecular flexibility index (Phi) is 3.54. The molecule has 0 aromatic heterocycles. The van der Waals surface area contributed by atoms with Gasteiger partial charge in [-0.15, -0.1) is 0 Å². The average Bonchev–Trinajstić information content (AvgIpc) is 2.32. The van der Waals surface area contributed by atoms with Crippen molar-refractivity contribution in [3.05, 3.63) is 28.8 Å². The zero-order valence-electron chi connectivity index (χ0n) is 9.65. The van der Waals surface area contributed by atoms with Crippen molar-refractivity contribution < 1.29 is 9.53 Å². The summed E-state index contributed by atoms with van der Waals surface area (Å²) in [4.78, 5) is 14.1. The highest BCUT2D eigenvalue weighted by Gasteiger charge is 2.26. The quantitative estimate of drug-likeness (QED) is 0.778. The van der Waals surface area contributed by atoms with Crippen molar-refractivity contribution in [2.75, 3.05) is 25.5 Å². The molecule has 0 saturated carbocycles. The lowest BCUT2D eigenvalue weighted by Crippen LogP contribution is -2.47. The Labute approximate surface area is 105 Å². The monoisotopic (exact) mass is 254 g/mol. The Balaban J connectivity index is 2.27. The maximum Gasteiger partial charge on any atom is 0.255 e. The van der Waals surface area contributed by atoms with E-state index in [0.29, 0.717) is 36.0 Å². The molecule has 1 aromatic rings. The second-order valence-electron chi connectivity index (χ2n) is 4.13. The highest BCUT2D eigenvalue weighted by Crippen LogP contribution is 2.25. The van der Waals surface area contributed by atoms with Crippen molar-refractivity contribution >= 4 is 23.2 Å². The van der Waals surface area contributed by atoms with Crippen LogP contribution in [0.1, 0.15) is 17.3 Å². The zero-order chi connectivity index (χ0) is 12.4. The number of carbonyl (C=O) groups is 1. The van der Waals surface area contributed by atoms with Crippen LogP contribution in [0.5, 0.6) is 0 Å². The number of nitrogens with two attached hydrogens (primary N) is 1. The number of nitrogen functional groups attached to an aromatic ring is 1. The molecule has 1 unspecified atom stereocenters. The minimum absolute atomic E-state index is 0.0637. The molecular weight excluding hydrogens is 240 g/mol. The number of hydrogen-bond acceptors (Lipinski definition) is 3. The topological polar surface area (TPSA) is 55.6 Å². The number of morpholine rings is 1. The van der Waals surface area contributed by atoms with Gasteiger partial charge in [0.1, 0.15) is 0 Å². The summed E-state index contributed by atoms with van der Waals surface area (Å²) >= 11 is 6.05. The van der Waals surface area contributed by atoms with Gasteiger partial charge in [-0.05, 0) is 19.1 Å². The number of benzene rings is 1. The van der Waals surface area contributed by atoms with Gasteiger partial charge in [0.05, 0.1) is 35.5 Å². The number of nitrogens with zero attached hydrogens (tertiary/aromatic N) is 1. The zero-order valence-corrected chi connectivity index (χ0v) is 10.4. The lowest BCUT2D eigenvalue weighted by molar-refractivity contribution is 0.00361. The van der Waals surface area contributed by atoms with Crippen LogP contribution in [0.2, 0.25) is 5.02 Å². The maximum absolute atomic E-state index is 12.3. The number of anilines is 1. The molecule has 1 atom stereocenters. The standard InChI is InChI=1S/C12H15ClN2O2/c1-8-7-17-6-5-15(8)12(16)9-3-2-4-10(14)11(9)13/h2-4,8H,5-7,14H2,1H3. The predicted molar refractivity (Wildman–Crippen MR) is 67.2 cm³/mol. The second kappa shape index (κ2) is 4.94. The van der Waals surface area contributed by atoms with Gasteiger partial charge in [-0.25, -0.2) is 0 Å². The molecule has 0 radical (unpaired) electrons. The van der Waals surface area contributed by atoms with Crippen LogP contribution in [0, 0.1) is 0 Å². The third-order valence-electron chi connectivity index (χ3n) is 2.89. The van der Waals surface area contributed by atoms with Crippen molar-refractivity contribution in [1.29, 1.82) is 0 Å². The first-order valence-corrected chi connectivity index (χ1v) is 5.91. The molecule has 2 rings (SSSR count). The average molecular weight is 255 g/mol. The van der Waals surface area contributed by atoms with Crippen molar-refractivity contribution in [3.63, 3.8) is 0 Å². The molecule has 2 N–H and O–H groups in total. The lowest BCUT2D eigenvalue weighted by Gasteiger charge is -2.33. The van der Waals surface area contributed by atoms with Crippen LogP contribution in [0.15, 0.2) is 18.2 Å². The summed E-state index contributed by atoms with van der Waals surface area (Å²) < 4.78 is 5.30. The molecule has 1 aliphatic rings. The summed E-state index contributed by atoms with van der Waals surface area (Å²) in [5.41, 5.74) is 6.58. The number of hydrogen-bond donors (Lipinski definition) is 1. The van der Waals surface area contributed by atoms with E-state index in [9.17, 15) is 4.79 Å². The van der Waals surface area contributed by atoms with Crippen LogP contribution < -0.4 is 5.73 Å². The fourth-order valence-corrected chi connectivity index (χ4v) is 2.11. The van der Waals surface area contributed by atoms with Gasteiger partial charge in [0.25, 0.3) is 5.91 Å². The molecule has 1 amide bonds. The minimum atomic E-state index is -0.0851. The first-order chi connectivity index (χ1) is 8.11. The number of carbonyl (C=O) groups excluding carboxylic acids is 1. The van der Waals surface area contributed by atoms with Gasteiger partial charge < -0.3 is 15.4 Å². The van der Waals surface area contributed by atoms with Gasteiger partial charge in [-0.2, -0.15) is 0 Å². The number of rotatable bonds is 1. The highest BCUT2D eigenvalue weighted by atomic mass is 35.5. The van der Waals surface area contributed by atoms with Crippen LogP contribution in [0.25, 0.3) is 0 Å². The van der Waals surface area contributed by atoms with E-state index >= 15 is 0 Å². The molecule has 5 heteroatoms. The van der Waals surface area contributed by atoms with Crippen LogP contribution in [0.3, 0.4) is 0 Å². The van der Waals surface area contributed by atoms with Crippen LogP contribution >= 0.6 is 11.6 Å². The van der Waals surface area contributed by atoms with Crippen LogP contribution in [0.4, 0.5) is 5.69 Å². The molecule has 4 nitrogen and oxygen atoms in total. The second-order valence-corrected chi connectivity index (χ2v) is 4.51. The predicted octanol–water partition coefficient (Wildman–Crippen LogP) is 1.78. The van der Waals surface area contributed by atoms with Gasteiger partial charge in [-0.3, -0.25) is 4.79 Å². The Hall–Kier alpha value is -1.26. The third kappa shape index (κ3) is 2.37. The summed E-state index contributed by atoms with van der Waals surface area (Å²) in [7, 11) is 0. The molecule has 0 aliphatic carbocycles. The molecule has 1 saturated heterocycles. The molecule has 1 aromatic carbocycles. The summed E-state index contributed by atoms with van der Waals surface area (Å²) in [6.45, 7) is 3.67. The fourth-order valence-electron chi connectivity index (χ4n) is 1.90. The normalized spacial score (nSPS) is 20.4. The molecule has 0 bridgehead atoms. The lowest BCUT2D eigenvalue weighted by atomic mass is 10.1. The molecule has 1 aliphatic heterocycles. The summed E-state index contributed by atoms with van der Waals surface area (Å²) in [6, 6.07) is 5.18. The van der Waals surface area contributed by atoms with Gasteiger partial charge in [0, 0.05) is 6.54 Å². The van der Waals surface area contributed by atoms with Gasteiger partial charge in [0.2, 0.25) is 0 Å². The third-order valence-corrected chi connectivity index (χ3v) is 3.31. The minimum Gasteiger partial charge on any atom is -0.398 e. The Bertz CT molecular complexity index is 437. The Morgan fingerprint density at radius 2 is 2.35 bits per heavy atom. The molecular formula is C12H15ClN2O2. The van der Waals surface area contributed by atoms with Crippen molar-refractivity contribution in [2.45, 2.75) is 13.0 Å². The van der Waals surface area contributed by atoms with Crippen molar-refractivity contribution in [3.8, 4) is 0 Å². The number of ether oxygens (including phenoxy) is 1. The van der Waals surface area contributed by atoms with E-state index in [4.69, 9.17) is 22.1 Å². The van der Waals surface area contributed by atoms with Crippen LogP contribution in [-0.2, 0) is 4.74 Å². The molecule has 17 heavy (non-hydrogen) atoms. The van der Waals surface area contributed by atoms with E-state index in [2.05, 4.69) is 0 Å². The fraction of sp³-hybridized carbons (Fsp3) is 0.417. The van der Waals surface area contributed by atoms with E-state index in [1.807, 2.05) is 6.92 Å². The number of halogens is 1. The van der Waals surface area contributed by atoms with Crippen molar-refractivity contribution in [1.82, 2.24) is 4.90 Å². The summed E-state index contributed by atoms with van der Waals surface area (Å²) in [6.07, 6.45) is 0. The van der Waals surface area contributed by atoms with E-state index in [1.54, 1.807) is 23.1 Å². The molecule has 1 fully saturated rings.